The normalized spacial score (nSPS) is 16.8. The molecule has 96 valence electrons. The molecule has 5 N–H and O–H groups in total. The summed E-state index contributed by atoms with van der Waals surface area (Å²) in [5.41, 5.74) is 4.39. The molecule has 1 aromatic rings. The molecule has 1 heterocycles. The van der Waals surface area contributed by atoms with Crippen molar-refractivity contribution in [3.63, 3.8) is 0 Å². The van der Waals surface area contributed by atoms with E-state index in [1.807, 2.05) is 13.8 Å². The summed E-state index contributed by atoms with van der Waals surface area (Å²) in [6, 6.07) is -0.816. The van der Waals surface area contributed by atoms with Gasteiger partial charge in [-0.3, -0.25) is 0 Å². The zero-order valence-corrected chi connectivity index (χ0v) is 10.1. The van der Waals surface area contributed by atoms with Crippen molar-refractivity contribution in [1.29, 1.82) is 0 Å². The molecule has 6 nitrogen and oxygen atoms in total. The number of imidazole rings is 1. The maximum atomic E-state index is 11.2. The minimum Gasteiger partial charge on any atom is -0.479 e. The van der Waals surface area contributed by atoms with Crippen molar-refractivity contribution in [2.75, 3.05) is 0 Å². The van der Waals surface area contributed by atoms with Crippen molar-refractivity contribution in [3.05, 3.63) is 18.2 Å². The minimum absolute atomic E-state index is 0.0732. The summed E-state index contributed by atoms with van der Waals surface area (Å²) in [4.78, 5) is 17.8. The summed E-state index contributed by atoms with van der Waals surface area (Å²) in [5.74, 6) is -1.09. The van der Waals surface area contributed by atoms with Gasteiger partial charge >= 0.3 is 5.97 Å². The van der Waals surface area contributed by atoms with Crippen LogP contribution in [0.4, 0.5) is 0 Å². The predicted octanol–water partition coefficient (Wildman–Crippen LogP) is 0.141. The first-order valence-electron chi connectivity index (χ1n) is 5.55. The van der Waals surface area contributed by atoms with Crippen molar-refractivity contribution >= 4 is 5.97 Å². The van der Waals surface area contributed by atoms with E-state index in [2.05, 4.69) is 9.97 Å². The predicted molar refractivity (Wildman–Crippen MR) is 62.3 cm³/mol. The van der Waals surface area contributed by atoms with Gasteiger partial charge in [-0.15, -0.1) is 0 Å². The van der Waals surface area contributed by atoms with Gasteiger partial charge in [0, 0.05) is 24.4 Å². The number of nitrogens with zero attached hydrogens (tertiary/aromatic N) is 1. The number of H-pyrrole nitrogens is 1. The average Bonchev–Trinajstić information content (AvgIpc) is 2.68. The first-order chi connectivity index (χ1) is 7.86. The van der Waals surface area contributed by atoms with E-state index in [1.165, 1.54) is 12.5 Å². The van der Waals surface area contributed by atoms with Gasteiger partial charge in [-0.05, 0) is 12.3 Å². The van der Waals surface area contributed by atoms with Crippen molar-refractivity contribution in [2.45, 2.75) is 38.3 Å². The molecule has 0 unspecified atom stereocenters. The second kappa shape index (κ2) is 5.29. The highest BCUT2D eigenvalue weighted by atomic mass is 16.4. The maximum Gasteiger partial charge on any atom is 0.337 e. The Kier molecular flexibility index (Phi) is 4.25. The highest BCUT2D eigenvalue weighted by Crippen LogP contribution is 2.20. The number of rotatable bonds is 6. The average molecular weight is 241 g/mol. The van der Waals surface area contributed by atoms with Gasteiger partial charge in [-0.1, -0.05) is 13.8 Å². The summed E-state index contributed by atoms with van der Waals surface area (Å²) in [5, 5.41) is 19.4. The Bertz CT molecular complexity index is 364. The molecule has 2 atom stereocenters. The van der Waals surface area contributed by atoms with Gasteiger partial charge in [0.25, 0.3) is 0 Å². The first-order valence-corrected chi connectivity index (χ1v) is 5.55. The minimum atomic E-state index is -1.96. The largest absolute Gasteiger partial charge is 0.479 e. The molecule has 0 spiro atoms. The van der Waals surface area contributed by atoms with Crippen LogP contribution in [0.15, 0.2) is 12.5 Å². The third-order valence-electron chi connectivity index (χ3n) is 2.72. The van der Waals surface area contributed by atoms with Gasteiger partial charge in [0.05, 0.1) is 6.33 Å². The van der Waals surface area contributed by atoms with E-state index in [0.29, 0.717) is 12.1 Å². The summed E-state index contributed by atoms with van der Waals surface area (Å²) in [7, 11) is 0. The van der Waals surface area contributed by atoms with Gasteiger partial charge in [0.2, 0.25) is 0 Å². The van der Waals surface area contributed by atoms with E-state index in [9.17, 15) is 9.90 Å². The Morgan fingerprint density at radius 3 is 2.71 bits per heavy atom. The Hall–Kier alpha value is -1.40. The molecule has 17 heavy (non-hydrogen) atoms. The van der Waals surface area contributed by atoms with E-state index in [4.69, 9.17) is 10.8 Å². The fourth-order valence-electron chi connectivity index (χ4n) is 1.74. The van der Waals surface area contributed by atoms with Crippen LogP contribution < -0.4 is 5.73 Å². The lowest BCUT2D eigenvalue weighted by atomic mass is 9.85. The number of hydrogen-bond acceptors (Lipinski definition) is 4. The number of carboxylic acid groups (broad SMARTS) is 1. The smallest absolute Gasteiger partial charge is 0.337 e. The van der Waals surface area contributed by atoms with Crippen LogP contribution in [0.5, 0.6) is 0 Å². The van der Waals surface area contributed by atoms with E-state index in [0.717, 1.165) is 0 Å². The van der Waals surface area contributed by atoms with Gasteiger partial charge in [-0.2, -0.15) is 0 Å². The number of hydrogen-bond donors (Lipinski definition) is 4. The molecular formula is C11H19N3O3. The number of nitrogens with two attached hydrogens (primary N) is 1. The molecule has 0 aliphatic heterocycles. The molecule has 0 amide bonds. The van der Waals surface area contributed by atoms with Crippen molar-refractivity contribution < 1.29 is 15.0 Å². The quantitative estimate of drug-likeness (QED) is 0.566. The number of carbonyl (C=O) groups is 1. The Morgan fingerprint density at radius 2 is 2.29 bits per heavy atom. The van der Waals surface area contributed by atoms with E-state index < -0.39 is 17.6 Å². The highest BCUT2D eigenvalue weighted by molar-refractivity contribution is 5.78. The van der Waals surface area contributed by atoms with Crippen LogP contribution in [-0.4, -0.2) is 37.8 Å². The van der Waals surface area contributed by atoms with Gasteiger partial charge < -0.3 is 20.9 Å². The van der Waals surface area contributed by atoms with Gasteiger partial charge in [0.15, 0.2) is 5.60 Å². The van der Waals surface area contributed by atoms with Gasteiger partial charge in [0.1, 0.15) is 0 Å². The second-order valence-electron chi connectivity index (χ2n) is 4.72. The van der Waals surface area contributed by atoms with E-state index >= 15 is 0 Å². The SMILES string of the molecule is CC(C)C[C@H](N)[C@](O)(Cc1cnc[nH]1)C(=O)O. The number of aromatic amines is 1. The second-order valence-corrected chi connectivity index (χ2v) is 4.72. The summed E-state index contributed by atoms with van der Waals surface area (Å²) >= 11 is 0. The van der Waals surface area contributed by atoms with Crippen LogP contribution in [0.1, 0.15) is 26.0 Å². The van der Waals surface area contributed by atoms with Crippen LogP contribution in [0.25, 0.3) is 0 Å². The maximum absolute atomic E-state index is 11.2. The van der Waals surface area contributed by atoms with Crippen LogP contribution >= 0.6 is 0 Å². The zero-order valence-electron chi connectivity index (χ0n) is 10.1. The zero-order chi connectivity index (χ0) is 13.1. The number of carboxylic acids is 1. The lowest BCUT2D eigenvalue weighted by Crippen LogP contribution is -2.56. The number of aromatic nitrogens is 2. The first kappa shape index (κ1) is 13.7. The molecule has 0 saturated carbocycles. The van der Waals surface area contributed by atoms with Crippen LogP contribution in [0.2, 0.25) is 0 Å². The Balaban J connectivity index is 2.85. The number of aliphatic carboxylic acids is 1. The van der Waals surface area contributed by atoms with E-state index in [1.54, 1.807) is 0 Å². The van der Waals surface area contributed by atoms with Crippen molar-refractivity contribution in [1.82, 2.24) is 9.97 Å². The molecule has 0 radical (unpaired) electrons. The topological polar surface area (TPSA) is 112 Å². The van der Waals surface area contributed by atoms with E-state index in [-0.39, 0.29) is 12.3 Å². The molecule has 0 fully saturated rings. The molecule has 6 heteroatoms. The summed E-state index contributed by atoms with van der Waals surface area (Å²) in [6.07, 6.45) is 3.29. The summed E-state index contributed by atoms with van der Waals surface area (Å²) in [6.45, 7) is 3.86. The molecule has 0 aliphatic carbocycles. The molecule has 0 aliphatic rings. The summed E-state index contributed by atoms with van der Waals surface area (Å²) < 4.78 is 0. The van der Waals surface area contributed by atoms with Crippen molar-refractivity contribution in [2.24, 2.45) is 11.7 Å². The monoisotopic (exact) mass is 241 g/mol. The Morgan fingerprint density at radius 1 is 1.65 bits per heavy atom. The highest BCUT2D eigenvalue weighted by Gasteiger charge is 2.42. The Labute approximate surface area is 99.9 Å². The number of aliphatic hydroxyl groups is 1. The van der Waals surface area contributed by atoms with Crippen LogP contribution in [0.3, 0.4) is 0 Å². The molecule has 0 bridgehead atoms. The fourth-order valence-corrected chi connectivity index (χ4v) is 1.74. The van der Waals surface area contributed by atoms with Crippen molar-refractivity contribution in [3.8, 4) is 0 Å². The van der Waals surface area contributed by atoms with Gasteiger partial charge in [-0.25, -0.2) is 9.78 Å². The lowest BCUT2D eigenvalue weighted by Gasteiger charge is -2.30. The molecule has 1 aromatic heterocycles. The molecule has 0 aromatic carbocycles. The molecular weight excluding hydrogens is 222 g/mol. The molecule has 1 rings (SSSR count). The lowest BCUT2D eigenvalue weighted by molar-refractivity contribution is -0.161. The molecule has 0 saturated heterocycles. The van der Waals surface area contributed by atoms with Crippen LogP contribution in [0, 0.1) is 5.92 Å². The fraction of sp³-hybridized carbons (Fsp3) is 0.636. The van der Waals surface area contributed by atoms with Crippen LogP contribution in [-0.2, 0) is 11.2 Å². The number of nitrogens with one attached hydrogen (secondary N) is 1. The third kappa shape index (κ3) is 3.28. The third-order valence-corrected chi connectivity index (χ3v) is 2.72. The standard InChI is InChI=1S/C11H19N3O3/c1-7(2)3-9(12)11(17,10(15)16)4-8-5-13-6-14-8/h5-7,9,17H,3-4,12H2,1-2H3,(H,13,14)(H,15,16)/t9-,11+/m0/s1.